The van der Waals surface area contributed by atoms with Crippen molar-refractivity contribution in [3.8, 4) is 0 Å². The first-order chi connectivity index (χ1) is 7.24. The molecule has 0 aromatic carbocycles. The van der Waals surface area contributed by atoms with Crippen molar-refractivity contribution in [2.75, 3.05) is 26.7 Å². The second kappa shape index (κ2) is 6.63. The van der Waals surface area contributed by atoms with E-state index in [4.69, 9.17) is 4.74 Å². The summed E-state index contributed by atoms with van der Waals surface area (Å²) in [6.45, 7) is 9.51. The zero-order valence-corrected chi connectivity index (χ0v) is 11.0. The highest BCUT2D eigenvalue weighted by molar-refractivity contribution is 5.96. The topological polar surface area (TPSA) is 46.6 Å². The summed E-state index contributed by atoms with van der Waals surface area (Å²) in [6.07, 6.45) is -0.123. The molecule has 0 aliphatic heterocycles. The number of esters is 1. The molecule has 0 bridgehead atoms. The fourth-order valence-corrected chi connectivity index (χ4v) is 1.60. The van der Waals surface area contributed by atoms with E-state index in [1.54, 1.807) is 6.92 Å². The van der Waals surface area contributed by atoms with Gasteiger partial charge in [-0.05, 0) is 19.4 Å². The molecule has 4 heteroatoms. The highest BCUT2D eigenvalue weighted by atomic mass is 16.5. The van der Waals surface area contributed by atoms with Crippen molar-refractivity contribution in [2.24, 2.45) is 5.41 Å². The minimum atomic E-state index is -0.434. The van der Waals surface area contributed by atoms with Crippen molar-refractivity contribution in [3.63, 3.8) is 0 Å². The van der Waals surface area contributed by atoms with Crippen LogP contribution in [0.2, 0.25) is 0 Å². The molecule has 0 saturated carbocycles. The standard InChI is InChI=1S/C12H23NO3/c1-6-16-11(15)7-10(14)8-13(5)9-12(2,3)4/h6-9H2,1-5H3. The zero-order valence-electron chi connectivity index (χ0n) is 11.0. The summed E-state index contributed by atoms with van der Waals surface area (Å²) in [5, 5.41) is 0. The SMILES string of the molecule is CCOC(=O)CC(=O)CN(C)CC(C)(C)C. The molecular weight excluding hydrogens is 206 g/mol. The summed E-state index contributed by atoms with van der Waals surface area (Å²) in [4.78, 5) is 24.5. The summed E-state index contributed by atoms with van der Waals surface area (Å²) < 4.78 is 4.72. The first kappa shape index (κ1) is 15.1. The number of rotatable bonds is 6. The van der Waals surface area contributed by atoms with Crippen LogP contribution in [0.1, 0.15) is 34.1 Å². The van der Waals surface area contributed by atoms with E-state index in [9.17, 15) is 9.59 Å². The van der Waals surface area contributed by atoms with E-state index in [2.05, 4.69) is 20.8 Å². The summed E-state index contributed by atoms with van der Waals surface area (Å²) in [5.41, 5.74) is 0.152. The molecule has 0 aromatic heterocycles. The van der Waals surface area contributed by atoms with Gasteiger partial charge in [0.25, 0.3) is 0 Å². The Morgan fingerprint density at radius 3 is 2.25 bits per heavy atom. The second-order valence-electron chi connectivity index (χ2n) is 5.25. The number of hydrogen-bond donors (Lipinski definition) is 0. The van der Waals surface area contributed by atoms with E-state index in [0.717, 1.165) is 6.54 Å². The van der Waals surface area contributed by atoms with E-state index in [1.165, 1.54) is 0 Å². The average molecular weight is 229 g/mol. The molecule has 0 N–H and O–H groups in total. The highest BCUT2D eigenvalue weighted by Gasteiger charge is 2.17. The lowest BCUT2D eigenvalue weighted by Gasteiger charge is -2.25. The van der Waals surface area contributed by atoms with Gasteiger partial charge in [-0.3, -0.25) is 14.5 Å². The Hall–Kier alpha value is -0.900. The van der Waals surface area contributed by atoms with Crippen molar-refractivity contribution in [1.29, 1.82) is 0 Å². The minimum absolute atomic E-state index is 0.0924. The van der Waals surface area contributed by atoms with Crippen LogP contribution in [0, 0.1) is 5.41 Å². The normalized spacial score (nSPS) is 11.6. The van der Waals surface area contributed by atoms with Crippen molar-refractivity contribution in [2.45, 2.75) is 34.1 Å². The molecule has 0 unspecified atom stereocenters. The number of hydrogen-bond acceptors (Lipinski definition) is 4. The monoisotopic (exact) mass is 229 g/mol. The van der Waals surface area contributed by atoms with E-state index in [1.807, 2.05) is 11.9 Å². The van der Waals surface area contributed by atoms with Gasteiger partial charge < -0.3 is 4.74 Å². The minimum Gasteiger partial charge on any atom is -0.466 e. The van der Waals surface area contributed by atoms with Crippen LogP contribution in [-0.4, -0.2) is 43.4 Å². The van der Waals surface area contributed by atoms with Crippen molar-refractivity contribution in [1.82, 2.24) is 4.90 Å². The summed E-state index contributed by atoms with van der Waals surface area (Å²) >= 11 is 0. The molecule has 0 aliphatic rings. The molecule has 0 aliphatic carbocycles. The van der Waals surface area contributed by atoms with Gasteiger partial charge in [-0.2, -0.15) is 0 Å². The summed E-state index contributed by atoms with van der Waals surface area (Å²) in [7, 11) is 1.88. The number of ether oxygens (including phenoxy) is 1. The van der Waals surface area contributed by atoms with Crippen LogP contribution in [-0.2, 0) is 14.3 Å². The third-order valence-electron chi connectivity index (χ3n) is 1.84. The van der Waals surface area contributed by atoms with Crippen LogP contribution < -0.4 is 0 Å². The van der Waals surface area contributed by atoms with Gasteiger partial charge in [-0.15, -0.1) is 0 Å². The van der Waals surface area contributed by atoms with Gasteiger partial charge in [0.05, 0.1) is 13.2 Å². The molecule has 0 radical (unpaired) electrons. The third kappa shape index (κ3) is 8.41. The fraction of sp³-hybridized carbons (Fsp3) is 0.833. The lowest BCUT2D eigenvalue weighted by Crippen LogP contribution is -2.34. The van der Waals surface area contributed by atoms with Gasteiger partial charge in [-0.1, -0.05) is 20.8 Å². The Morgan fingerprint density at radius 1 is 1.25 bits per heavy atom. The molecule has 0 fully saturated rings. The maximum Gasteiger partial charge on any atom is 0.313 e. The zero-order chi connectivity index (χ0) is 12.8. The Labute approximate surface area is 98.0 Å². The number of nitrogens with zero attached hydrogens (tertiary/aromatic N) is 1. The third-order valence-corrected chi connectivity index (χ3v) is 1.84. The lowest BCUT2D eigenvalue weighted by atomic mass is 9.96. The molecule has 0 spiro atoms. The number of ketones is 1. The average Bonchev–Trinajstić information content (AvgIpc) is 1.98. The van der Waals surface area contributed by atoms with E-state index >= 15 is 0 Å². The maximum atomic E-state index is 11.5. The van der Waals surface area contributed by atoms with Crippen LogP contribution >= 0.6 is 0 Å². The van der Waals surface area contributed by atoms with Gasteiger partial charge >= 0.3 is 5.97 Å². The van der Waals surface area contributed by atoms with Crippen LogP contribution in [0.4, 0.5) is 0 Å². The highest BCUT2D eigenvalue weighted by Crippen LogP contribution is 2.13. The van der Waals surface area contributed by atoms with Crippen molar-refractivity contribution in [3.05, 3.63) is 0 Å². The predicted molar refractivity (Wildman–Crippen MR) is 63.2 cm³/mol. The van der Waals surface area contributed by atoms with E-state index < -0.39 is 5.97 Å². The Bertz CT molecular complexity index is 243. The van der Waals surface area contributed by atoms with E-state index in [0.29, 0.717) is 13.2 Å². The first-order valence-electron chi connectivity index (χ1n) is 5.60. The van der Waals surface area contributed by atoms with Crippen molar-refractivity contribution < 1.29 is 14.3 Å². The first-order valence-corrected chi connectivity index (χ1v) is 5.60. The number of carbonyl (C=O) groups is 2. The molecule has 94 valence electrons. The lowest BCUT2D eigenvalue weighted by molar-refractivity contribution is -0.145. The van der Waals surface area contributed by atoms with Gasteiger partial charge in [-0.25, -0.2) is 0 Å². The number of carbonyl (C=O) groups excluding carboxylic acids is 2. The van der Waals surface area contributed by atoms with Gasteiger partial charge in [0, 0.05) is 6.54 Å². The molecule has 0 atom stereocenters. The van der Waals surface area contributed by atoms with Gasteiger partial charge in [0.1, 0.15) is 6.42 Å². The van der Waals surface area contributed by atoms with Gasteiger partial charge in [0.15, 0.2) is 5.78 Å². The molecule has 0 saturated heterocycles. The number of Topliss-reactive ketones (excluding diaryl/α,β-unsaturated/α-hetero) is 1. The Balaban J connectivity index is 3.92. The Morgan fingerprint density at radius 2 is 1.81 bits per heavy atom. The summed E-state index contributed by atoms with van der Waals surface area (Å²) in [5.74, 6) is -0.526. The molecular formula is C12H23NO3. The predicted octanol–water partition coefficient (Wildman–Crippen LogP) is 1.49. The molecule has 16 heavy (non-hydrogen) atoms. The van der Waals surface area contributed by atoms with E-state index in [-0.39, 0.29) is 17.6 Å². The molecule has 0 amide bonds. The smallest absolute Gasteiger partial charge is 0.313 e. The quantitative estimate of drug-likeness (QED) is 0.511. The van der Waals surface area contributed by atoms with Crippen molar-refractivity contribution >= 4 is 11.8 Å². The van der Waals surface area contributed by atoms with Crippen LogP contribution in [0.15, 0.2) is 0 Å². The summed E-state index contributed by atoms with van der Waals surface area (Å²) in [6, 6.07) is 0. The largest absolute Gasteiger partial charge is 0.466 e. The Kier molecular flexibility index (Phi) is 6.26. The maximum absolute atomic E-state index is 11.5. The van der Waals surface area contributed by atoms with Crippen LogP contribution in [0.5, 0.6) is 0 Å². The van der Waals surface area contributed by atoms with Crippen LogP contribution in [0.25, 0.3) is 0 Å². The second-order valence-corrected chi connectivity index (χ2v) is 5.25. The van der Waals surface area contributed by atoms with Gasteiger partial charge in [0.2, 0.25) is 0 Å². The molecule has 0 heterocycles. The molecule has 4 nitrogen and oxygen atoms in total. The fourth-order valence-electron chi connectivity index (χ4n) is 1.60. The van der Waals surface area contributed by atoms with Crippen LogP contribution in [0.3, 0.4) is 0 Å². The number of likely N-dealkylation sites (N-methyl/N-ethyl adjacent to an activating group) is 1. The molecule has 0 rings (SSSR count). The molecule has 0 aromatic rings.